The van der Waals surface area contributed by atoms with Gasteiger partial charge in [-0.3, -0.25) is 4.79 Å². The van der Waals surface area contributed by atoms with E-state index in [0.717, 1.165) is 16.7 Å². The molecule has 0 spiro atoms. The van der Waals surface area contributed by atoms with Crippen molar-refractivity contribution in [2.24, 2.45) is 0 Å². The molecule has 0 aliphatic rings. The normalized spacial score (nSPS) is 10.5. The quantitative estimate of drug-likeness (QED) is 0.852. The number of hydrogen-bond donors (Lipinski definition) is 2. The van der Waals surface area contributed by atoms with E-state index in [4.69, 9.17) is 23.2 Å². The Bertz CT molecular complexity index is 646. The van der Waals surface area contributed by atoms with Crippen LogP contribution in [0.15, 0.2) is 36.4 Å². The van der Waals surface area contributed by atoms with Gasteiger partial charge < -0.3 is 10.6 Å². The van der Waals surface area contributed by atoms with Crippen molar-refractivity contribution in [2.45, 2.75) is 20.4 Å². The Morgan fingerprint density at radius 3 is 2.41 bits per heavy atom. The third-order valence-electron chi connectivity index (χ3n) is 3.22. The number of hydrogen-bond acceptors (Lipinski definition) is 2. The van der Waals surface area contributed by atoms with E-state index in [2.05, 4.69) is 10.6 Å². The highest BCUT2D eigenvalue weighted by molar-refractivity contribution is 6.34. The van der Waals surface area contributed by atoms with E-state index >= 15 is 0 Å². The summed E-state index contributed by atoms with van der Waals surface area (Å²) in [7, 11) is 0. The molecule has 0 fully saturated rings. The Morgan fingerprint density at radius 1 is 1.09 bits per heavy atom. The molecule has 5 heteroatoms. The maximum atomic E-state index is 12.0. The van der Waals surface area contributed by atoms with E-state index in [-0.39, 0.29) is 12.5 Å². The third-order valence-corrected chi connectivity index (χ3v) is 3.77. The number of aryl methyl sites for hydroxylation is 2. The van der Waals surface area contributed by atoms with E-state index in [1.54, 1.807) is 0 Å². The second-order valence-corrected chi connectivity index (χ2v) is 6.06. The number of halogens is 2. The molecule has 22 heavy (non-hydrogen) atoms. The molecule has 0 aliphatic heterocycles. The van der Waals surface area contributed by atoms with Gasteiger partial charge in [-0.15, -0.1) is 0 Å². The highest BCUT2D eigenvalue weighted by Gasteiger charge is 2.09. The number of carbonyl (C=O) groups is 1. The van der Waals surface area contributed by atoms with Gasteiger partial charge in [0.1, 0.15) is 0 Å². The van der Waals surface area contributed by atoms with E-state index in [9.17, 15) is 4.79 Å². The zero-order valence-electron chi connectivity index (χ0n) is 12.5. The SMILES string of the molecule is Cc1cc(C)c(NC(=O)CNCc2ccc(Cl)cc2)c(Cl)c1. The van der Waals surface area contributed by atoms with E-state index in [0.29, 0.717) is 22.3 Å². The first-order chi connectivity index (χ1) is 10.5. The first kappa shape index (κ1) is 16.8. The van der Waals surface area contributed by atoms with Crippen molar-refractivity contribution in [1.29, 1.82) is 0 Å². The number of nitrogens with one attached hydrogen (secondary N) is 2. The average molecular weight is 337 g/mol. The molecule has 2 rings (SSSR count). The fourth-order valence-corrected chi connectivity index (χ4v) is 2.67. The largest absolute Gasteiger partial charge is 0.323 e. The fraction of sp³-hybridized carbons (Fsp3) is 0.235. The standard InChI is InChI=1S/C17H18Cl2N2O/c1-11-7-12(2)17(15(19)8-11)21-16(22)10-20-9-13-3-5-14(18)6-4-13/h3-8,20H,9-10H2,1-2H3,(H,21,22). The molecule has 0 atom stereocenters. The maximum absolute atomic E-state index is 12.0. The van der Waals surface area contributed by atoms with E-state index < -0.39 is 0 Å². The first-order valence-corrected chi connectivity index (χ1v) is 7.73. The monoisotopic (exact) mass is 336 g/mol. The molecule has 0 aromatic heterocycles. The van der Waals surface area contributed by atoms with Crippen LogP contribution >= 0.6 is 23.2 Å². The van der Waals surface area contributed by atoms with Crippen molar-refractivity contribution >= 4 is 34.8 Å². The van der Waals surface area contributed by atoms with Crippen LogP contribution in [-0.4, -0.2) is 12.5 Å². The lowest BCUT2D eigenvalue weighted by Crippen LogP contribution is -2.28. The van der Waals surface area contributed by atoms with Crippen LogP contribution in [0.4, 0.5) is 5.69 Å². The Morgan fingerprint density at radius 2 is 1.77 bits per heavy atom. The predicted molar refractivity (Wildman–Crippen MR) is 92.7 cm³/mol. The molecule has 0 saturated carbocycles. The lowest BCUT2D eigenvalue weighted by atomic mass is 10.1. The van der Waals surface area contributed by atoms with Crippen LogP contribution in [0.2, 0.25) is 10.0 Å². The third kappa shape index (κ3) is 4.73. The molecule has 0 aliphatic carbocycles. The Labute approximate surface area is 140 Å². The minimum absolute atomic E-state index is 0.122. The highest BCUT2D eigenvalue weighted by Crippen LogP contribution is 2.27. The number of rotatable bonds is 5. The summed E-state index contributed by atoms with van der Waals surface area (Å²) < 4.78 is 0. The second-order valence-electron chi connectivity index (χ2n) is 5.22. The van der Waals surface area contributed by atoms with E-state index in [1.807, 2.05) is 50.2 Å². The predicted octanol–water partition coefficient (Wildman–Crippen LogP) is 4.34. The number of anilines is 1. The molecular weight excluding hydrogens is 319 g/mol. The lowest BCUT2D eigenvalue weighted by Gasteiger charge is -2.12. The molecule has 2 aromatic rings. The molecule has 0 bridgehead atoms. The summed E-state index contributed by atoms with van der Waals surface area (Å²) in [4.78, 5) is 12.0. The fourth-order valence-electron chi connectivity index (χ4n) is 2.18. The molecule has 0 unspecified atom stereocenters. The van der Waals surface area contributed by atoms with Crippen LogP contribution < -0.4 is 10.6 Å². The van der Waals surface area contributed by atoms with Gasteiger partial charge in [0.15, 0.2) is 0 Å². The van der Waals surface area contributed by atoms with Crippen molar-refractivity contribution in [1.82, 2.24) is 5.32 Å². The van der Waals surface area contributed by atoms with Crippen LogP contribution in [0.5, 0.6) is 0 Å². The molecular formula is C17H18Cl2N2O. The van der Waals surface area contributed by atoms with Gasteiger partial charge in [0, 0.05) is 11.6 Å². The van der Waals surface area contributed by atoms with Crippen LogP contribution in [0, 0.1) is 13.8 Å². The second kappa shape index (κ2) is 7.63. The zero-order valence-corrected chi connectivity index (χ0v) is 14.1. The van der Waals surface area contributed by atoms with Gasteiger partial charge in [0.05, 0.1) is 17.3 Å². The van der Waals surface area contributed by atoms with Crippen LogP contribution in [0.25, 0.3) is 0 Å². The van der Waals surface area contributed by atoms with Gasteiger partial charge in [-0.25, -0.2) is 0 Å². The van der Waals surface area contributed by atoms with Gasteiger partial charge in [-0.1, -0.05) is 41.4 Å². The summed E-state index contributed by atoms with van der Waals surface area (Å²) >= 11 is 12.0. The molecule has 2 N–H and O–H groups in total. The molecule has 2 aromatic carbocycles. The summed E-state index contributed by atoms with van der Waals surface area (Å²) in [6.07, 6.45) is 0. The number of amides is 1. The lowest BCUT2D eigenvalue weighted by molar-refractivity contribution is -0.115. The topological polar surface area (TPSA) is 41.1 Å². The van der Waals surface area contributed by atoms with Crippen molar-refractivity contribution < 1.29 is 4.79 Å². The molecule has 3 nitrogen and oxygen atoms in total. The summed E-state index contributed by atoms with van der Waals surface area (Å²) in [5.41, 5.74) is 3.77. The summed E-state index contributed by atoms with van der Waals surface area (Å²) in [5.74, 6) is -0.122. The molecule has 1 amide bonds. The minimum Gasteiger partial charge on any atom is -0.323 e. The Kier molecular flexibility index (Phi) is 5.83. The number of benzene rings is 2. The van der Waals surface area contributed by atoms with Gasteiger partial charge >= 0.3 is 0 Å². The van der Waals surface area contributed by atoms with Crippen molar-refractivity contribution in [3.05, 3.63) is 63.1 Å². The highest BCUT2D eigenvalue weighted by atomic mass is 35.5. The van der Waals surface area contributed by atoms with Gasteiger partial charge in [0.2, 0.25) is 5.91 Å². The minimum atomic E-state index is -0.122. The van der Waals surface area contributed by atoms with E-state index in [1.165, 1.54) is 0 Å². The summed E-state index contributed by atoms with van der Waals surface area (Å²) in [5, 5.41) is 7.20. The molecule has 0 heterocycles. The van der Waals surface area contributed by atoms with Crippen molar-refractivity contribution in [3.8, 4) is 0 Å². The first-order valence-electron chi connectivity index (χ1n) is 6.97. The Balaban J connectivity index is 1.87. The van der Waals surface area contributed by atoms with Crippen molar-refractivity contribution in [3.63, 3.8) is 0 Å². The maximum Gasteiger partial charge on any atom is 0.238 e. The molecule has 0 radical (unpaired) electrons. The summed E-state index contributed by atoms with van der Waals surface area (Å²) in [6.45, 7) is 4.71. The average Bonchev–Trinajstić information content (AvgIpc) is 2.45. The smallest absolute Gasteiger partial charge is 0.238 e. The van der Waals surface area contributed by atoms with Gasteiger partial charge in [-0.2, -0.15) is 0 Å². The molecule has 0 saturated heterocycles. The number of carbonyl (C=O) groups excluding carboxylic acids is 1. The Hall–Kier alpha value is -1.55. The van der Waals surface area contributed by atoms with Crippen molar-refractivity contribution in [2.75, 3.05) is 11.9 Å². The van der Waals surface area contributed by atoms with Crippen LogP contribution in [0.1, 0.15) is 16.7 Å². The van der Waals surface area contributed by atoms with Gasteiger partial charge in [-0.05, 0) is 48.7 Å². The van der Waals surface area contributed by atoms with Crippen LogP contribution in [0.3, 0.4) is 0 Å². The van der Waals surface area contributed by atoms with Crippen LogP contribution in [-0.2, 0) is 11.3 Å². The van der Waals surface area contributed by atoms with Gasteiger partial charge in [0.25, 0.3) is 0 Å². The zero-order chi connectivity index (χ0) is 16.1. The summed E-state index contributed by atoms with van der Waals surface area (Å²) in [6, 6.07) is 11.3. The molecule has 116 valence electrons.